The van der Waals surface area contributed by atoms with Gasteiger partial charge in [-0.05, 0) is 32.8 Å². The average Bonchev–Trinajstić information content (AvgIpc) is 3.04. The highest BCUT2D eigenvalue weighted by atomic mass is 15.3. The standard InChI is InChI=1S/C12H15N5/c1-7-5-8(2)17(16-7)11-6-10(9-3-4-9)14-12(13)15-11/h5-6,9H,3-4H2,1-2H3,(H2,13,14,15). The summed E-state index contributed by atoms with van der Waals surface area (Å²) in [6, 6.07) is 4.02. The highest BCUT2D eigenvalue weighted by Crippen LogP contribution is 2.39. The van der Waals surface area contributed by atoms with E-state index in [1.165, 1.54) is 12.8 Å². The van der Waals surface area contributed by atoms with Gasteiger partial charge in [-0.15, -0.1) is 0 Å². The molecule has 2 aromatic heterocycles. The molecule has 5 heteroatoms. The zero-order valence-electron chi connectivity index (χ0n) is 10.0. The molecule has 0 amide bonds. The van der Waals surface area contributed by atoms with Crippen molar-refractivity contribution >= 4 is 5.95 Å². The van der Waals surface area contributed by atoms with Crippen molar-refractivity contribution in [2.75, 3.05) is 5.73 Å². The highest BCUT2D eigenvalue weighted by Gasteiger charge is 2.26. The molecule has 2 N–H and O–H groups in total. The van der Waals surface area contributed by atoms with Crippen LogP contribution in [-0.2, 0) is 0 Å². The summed E-state index contributed by atoms with van der Waals surface area (Å²) in [6.07, 6.45) is 2.40. The van der Waals surface area contributed by atoms with Crippen molar-refractivity contribution in [3.63, 3.8) is 0 Å². The fraction of sp³-hybridized carbons (Fsp3) is 0.417. The van der Waals surface area contributed by atoms with Crippen molar-refractivity contribution in [2.45, 2.75) is 32.6 Å². The lowest BCUT2D eigenvalue weighted by Crippen LogP contribution is -2.07. The second-order valence-corrected chi connectivity index (χ2v) is 4.62. The molecule has 2 aromatic rings. The number of hydrogen-bond acceptors (Lipinski definition) is 4. The molecule has 0 aliphatic heterocycles. The van der Waals surface area contributed by atoms with Gasteiger partial charge in [-0.25, -0.2) is 9.67 Å². The first-order valence-corrected chi connectivity index (χ1v) is 5.81. The minimum absolute atomic E-state index is 0.331. The molecular formula is C12H15N5. The van der Waals surface area contributed by atoms with Crippen LogP contribution in [0, 0.1) is 13.8 Å². The van der Waals surface area contributed by atoms with Gasteiger partial charge in [0.05, 0.1) is 11.4 Å². The smallest absolute Gasteiger partial charge is 0.222 e. The fourth-order valence-electron chi connectivity index (χ4n) is 2.03. The quantitative estimate of drug-likeness (QED) is 0.851. The van der Waals surface area contributed by atoms with Gasteiger partial charge in [0, 0.05) is 17.7 Å². The molecule has 0 bridgehead atoms. The largest absolute Gasteiger partial charge is 0.368 e. The number of rotatable bonds is 2. The van der Waals surface area contributed by atoms with Crippen LogP contribution in [0.15, 0.2) is 12.1 Å². The zero-order chi connectivity index (χ0) is 12.0. The number of hydrogen-bond donors (Lipinski definition) is 1. The highest BCUT2D eigenvalue weighted by molar-refractivity contribution is 5.35. The number of nitrogens with two attached hydrogens (primary N) is 1. The molecular weight excluding hydrogens is 214 g/mol. The predicted molar refractivity (Wildman–Crippen MR) is 65.0 cm³/mol. The first kappa shape index (κ1) is 10.3. The molecule has 1 aliphatic rings. The number of nitrogens with zero attached hydrogens (tertiary/aromatic N) is 4. The maximum absolute atomic E-state index is 5.76. The van der Waals surface area contributed by atoms with Gasteiger partial charge in [-0.1, -0.05) is 0 Å². The molecule has 0 radical (unpaired) electrons. The van der Waals surface area contributed by atoms with Gasteiger partial charge in [0.2, 0.25) is 5.95 Å². The molecule has 0 atom stereocenters. The van der Waals surface area contributed by atoms with Crippen LogP contribution in [0.2, 0.25) is 0 Å². The van der Waals surface area contributed by atoms with Crippen LogP contribution in [0.5, 0.6) is 0 Å². The number of anilines is 1. The van der Waals surface area contributed by atoms with Crippen LogP contribution in [0.4, 0.5) is 5.95 Å². The molecule has 2 heterocycles. The molecule has 1 aliphatic carbocycles. The predicted octanol–water partition coefficient (Wildman–Crippen LogP) is 1.74. The average molecular weight is 229 g/mol. The molecule has 88 valence electrons. The second-order valence-electron chi connectivity index (χ2n) is 4.62. The molecule has 3 rings (SSSR count). The van der Waals surface area contributed by atoms with E-state index in [1.807, 2.05) is 30.7 Å². The minimum Gasteiger partial charge on any atom is -0.368 e. The van der Waals surface area contributed by atoms with Crippen molar-refractivity contribution in [3.05, 3.63) is 29.2 Å². The van der Waals surface area contributed by atoms with Gasteiger partial charge in [0.25, 0.3) is 0 Å². The van der Waals surface area contributed by atoms with E-state index in [-0.39, 0.29) is 0 Å². The normalized spacial score (nSPS) is 15.2. The summed E-state index contributed by atoms with van der Waals surface area (Å²) in [5, 5.41) is 4.41. The summed E-state index contributed by atoms with van der Waals surface area (Å²) in [6.45, 7) is 3.98. The van der Waals surface area contributed by atoms with Gasteiger partial charge in [0.15, 0.2) is 5.82 Å². The molecule has 1 fully saturated rings. The summed E-state index contributed by atoms with van der Waals surface area (Å²) >= 11 is 0. The van der Waals surface area contributed by atoms with Crippen molar-refractivity contribution in [1.29, 1.82) is 0 Å². The summed E-state index contributed by atoms with van der Waals surface area (Å²) in [5.74, 6) is 1.66. The third-order valence-electron chi connectivity index (χ3n) is 2.97. The minimum atomic E-state index is 0.331. The summed E-state index contributed by atoms with van der Waals surface area (Å²) < 4.78 is 1.82. The lowest BCUT2D eigenvalue weighted by atomic mass is 10.3. The van der Waals surface area contributed by atoms with Crippen molar-refractivity contribution in [1.82, 2.24) is 19.7 Å². The van der Waals surface area contributed by atoms with Crippen LogP contribution >= 0.6 is 0 Å². The first-order valence-electron chi connectivity index (χ1n) is 5.81. The van der Waals surface area contributed by atoms with Crippen LogP contribution in [-0.4, -0.2) is 19.7 Å². The lowest BCUT2D eigenvalue weighted by Gasteiger charge is -2.06. The molecule has 0 aromatic carbocycles. The summed E-state index contributed by atoms with van der Waals surface area (Å²) in [5.41, 5.74) is 8.83. The van der Waals surface area contributed by atoms with E-state index >= 15 is 0 Å². The molecule has 0 unspecified atom stereocenters. The molecule has 17 heavy (non-hydrogen) atoms. The van der Waals surface area contributed by atoms with E-state index in [2.05, 4.69) is 15.1 Å². The van der Waals surface area contributed by atoms with E-state index in [0.29, 0.717) is 11.9 Å². The van der Waals surface area contributed by atoms with E-state index in [4.69, 9.17) is 5.73 Å². The number of nitrogen functional groups attached to an aromatic ring is 1. The topological polar surface area (TPSA) is 69.6 Å². The number of aryl methyl sites for hydroxylation is 2. The molecule has 1 saturated carbocycles. The third kappa shape index (κ3) is 1.88. The Morgan fingerprint density at radius 2 is 2.00 bits per heavy atom. The van der Waals surface area contributed by atoms with Crippen LogP contribution in [0.25, 0.3) is 5.82 Å². The molecule has 5 nitrogen and oxygen atoms in total. The summed E-state index contributed by atoms with van der Waals surface area (Å²) in [7, 11) is 0. The fourth-order valence-corrected chi connectivity index (χ4v) is 2.03. The SMILES string of the molecule is Cc1cc(C)n(-c2cc(C3CC3)nc(N)n2)n1. The van der Waals surface area contributed by atoms with Gasteiger partial charge in [0.1, 0.15) is 0 Å². The second kappa shape index (κ2) is 3.55. The Morgan fingerprint density at radius 3 is 2.59 bits per heavy atom. The van der Waals surface area contributed by atoms with Crippen molar-refractivity contribution in [3.8, 4) is 5.82 Å². The number of aromatic nitrogens is 4. The van der Waals surface area contributed by atoms with Crippen LogP contribution < -0.4 is 5.73 Å². The zero-order valence-corrected chi connectivity index (χ0v) is 10.0. The van der Waals surface area contributed by atoms with Crippen LogP contribution in [0.3, 0.4) is 0 Å². The molecule has 0 saturated heterocycles. The Morgan fingerprint density at radius 1 is 1.24 bits per heavy atom. The van der Waals surface area contributed by atoms with E-state index in [0.717, 1.165) is 22.9 Å². The summed E-state index contributed by atoms with van der Waals surface area (Å²) in [4.78, 5) is 8.54. The van der Waals surface area contributed by atoms with E-state index in [1.54, 1.807) is 0 Å². The van der Waals surface area contributed by atoms with Gasteiger partial charge >= 0.3 is 0 Å². The van der Waals surface area contributed by atoms with E-state index in [9.17, 15) is 0 Å². The molecule has 0 spiro atoms. The Hall–Kier alpha value is -1.91. The maximum Gasteiger partial charge on any atom is 0.222 e. The Labute approximate surface area is 99.7 Å². The van der Waals surface area contributed by atoms with Crippen LogP contribution in [0.1, 0.15) is 35.8 Å². The first-order chi connectivity index (χ1) is 8.13. The monoisotopic (exact) mass is 229 g/mol. The van der Waals surface area contributed by atoms with E-state index < -0.39 is 0 Å². The van der Waals surface area contributed by atoms with Gasteiger partial charge in [-0.3, -0.25) is 0 Å². The third-order valence-corrected chi connectivity index (χ3v) is 2.97. The Balaban J connectivity index is 2.10. The lowest BCUT2D eigenvalue weighted by molar-refractivity contribution is 0.796. The van der Waals surface area contributed by atoms with Crippen molar-refractivity contribution in [2.24, 2.45) is 0 Å². The Bertz CT molecular complexity index is 568. The van der Waals surface area contributed by atoms with Crippen molar-refractivity contribution < 1.29 is 0 Å². The van der Waals surface area contributed by atoms with Gasteiger partial charge in [-0.2, -0.15) is 10.1 Å². The Kier molecular flexibility index (Phi) is 2.14. The van der Waals surface area contributed by atoms with Gasteiger partial charge < -0.3 is 5.73 Å². The maximum atomic E-state index is 5.76.